The van der Waals surface area contributed by atoms with E-state index in [0.717, 1.165) is 18.7 Å². The van der Waals surface area contributed by atoms with Gasteiger partial charge in [0.05, 0.1) is 17.9 Å². The number of rotatable bonds is 7. The minimum atomic E-state index is 0.896. The predicted octanol–water partition coefficient (Wildman–Crippen LogP) is 4.64. The molecule has 0 fully saturated rings. The van der Waals surface area contributed by atoms with Crippen LogP contribution in [0.25, 0.3) is 0 Å². The number of benzene rings is 2. The molecule has 0 aromatic heterocycles. The summed E-state index contributed by atoms with van der Waals surface area (Å²) in [6.45, 7) is 3.14. The highest BCUT2D eigenvalue weighted by Crippen LogP contribution is 2.26. The normalized spacial score (nSPS) is 14.1. The molecule has 5 nitrogen and oxygen atoms in total. The summed E-state index contributed by atoms with van der Waals surface area (Å²) < 4.78 is 0. The van der Waals surface area contributed by atoms with Crippen LogP contribution in [0.3, 0.4) is 0 Å². The van der Waals surface area contributed by atoms with Gasteiger partial charge in [-0.05, 0) is 66.9 Å². The van der Waals surface area contributed by atoms with Gasteiger partial charge in [-0.25, -0.2) is 0 Å². The summed E-state index contributed by atoms with van der Waals surface area (Å²) in [7, 11) is 8.27. The Hall–Kier alpha value is -2.66. The van der Waals surface area contributed by atoms with Crippen molar-refractivity contribution in [2.45, 2.75) is 26.2 Å². The van der Waals surface area contributed by atoms with Gasteiger partial charge in [-0.1, -0.05) is 13.3 Å². The third kappa shape index (κ3) is 4.78. The molecule has 1 aliphatic heterocycles. The average Bonchev–Trinajstić information content (AvgIpc) is 2.72. The second-order valence-corrected chi connectivity index (χ2v) is 7.77. The standard InChI is InChI=1S/C23H33N5/c1-6-7-8-19-17-27(22-13-9-20(10-14-22)25(2)3)24-28(18-19)23-15-11-21(12-16-23)26(4)5/h9-17,24H,6-8,18H2,1-5H3. The van der Waals surface area contributed by atoms with Gasteiger partial charge in [0.15, 0.2) is 0 Å². The van der Waals surface area contributed by atoms with Crippen LogP contribution in [0, 0.1) is 0 Å². The van der Waals surface area contributed by atoms with E-state index in [-0.39, 0.29) is 0 Å². The van der Waals surface area contributed by atoms with Crippen LogP contribution in [0.4, 0.5) is 22.7 Å². The number of hydrogen-bond acceptors (Lipinski definition) is 5. The third-order valence-corrected chi connectivity index (χ3v) is 5.07. The van der Waals surface area contributed by atoms with Crippen molar-refractivity contribution in [1.82, 2.24) is 5.53 Å². The van der Waals surface area contributed by atoms with Crippen molar-refractivity contribution >= 4 is 22.7 Å². The summed E-state index contributed by atoms with van der Waals surface area (Å²) in [4.78, 5) is 4.24. The zero-order valence-electron chi connectivity index (χ0n) is 17.8. The van der Waals surface area contributed by atoms with Crippen LogP contribution in [0.15, 0.2) is 60.3 Å². The van der Waals surface area contributed by atoms with Crippen LogP contribution >= 0.6 is 0 Å². The highest BCUT2D eigenvalue weighted by molar-refractivity contribution is 5.60. The maximum Gasteiger partial charge on any atom is 0.0590 e. The van der Waals surface area contributed by atoms with E-state index >= 15 is 0 Å². The third-order valence-electron chi connectivity index (χ3n) is 5.07. The summed E-state index contributed by atoms with van der Waals surface area (Å²) in [5.41, 5.74) is 9.70. The molecule has 28 heavy (non-hydrogen) atoms. The second-order valence-electron chi connectivity index (χ2n) is 7.77. The van der Waals surface area contributed by atoms with E-state index in [9.17, 15) is 0 Å². The molecule has 5 heteroatoms. The lowest BCUT2D eigenvalue weighted by Crippen LogP contribution is -2.52. The Balaban J connectivity index is 1.84. The smallest absolute Gasteiger partial charge is 0.0590 e. The van der Waals surface area contributed by atoms with Gasteiger partial charge in [-0.15, -0.1) is 5.53 Å². The van der Waals surface area contributed by atoms with Crippen molar-refractivity contribution in [3.63, 3.8) is 0 Å². The molecule has 0 saturated heterocycles. The first-order valence-corrected chi connectivity index (χ1v) is 10.1. The molecule has 1 aliphatic rings. The zero-order valence-corrected chi connectivity index (χ0v) is 17.8. The van der Waals surface area contributed by atoms with Crippen LogP contribution < -0.4 is 25.4 Å². The molecule has 2 aromatic carbocycles. The number of nitrogens with zero attached hydrogens (tertiary/aromatic N) is 4. The molecule has 0 atom stereocenters. The largest absolute Gasteiger partial charge is 0.378 e. The van der Waals surface area contributed by atoms with Gasteiger partial charge in [0.1, 0.15) is 0 Å². The summed E-state index contributed by atoms with van der Waals surface area (Å²) in [6, 6.07) is 17.3. The molecule has 0 saturated carbocycles. The molecule has 0 amide bonds. The number of unbranched alkanes of at least 4 members (excludes halogenated alkanes) is 1. The second kappa shape index (κ2) is 9.02. The zero-order chi connectivity index (χ0) is 20.1. The Morgan fingerprint density at radius 1 is 0.821 bits per heavy atom. The van der Waals surface area contributed by atoms with Gasteiger partial charge < -0.3 is 9.80 Å². The van der Waals surface area contributed by atoms with E-state index in [2.05, 4.69) is 115 Å². The summed E-state index contributed by atoms with van der Waals surface area (Å²) in [6.07, 6.45) is 5.80. The molecule has 0 aliphatic carbocycles. The minimum absolute atomic E-state index is 0.896. The monoisotopic (exact) mass is 379 g/mol. The lowest BCUT2D eigenvalue weighted by atomic mass is 10.1. The van der Waals surface area contributed by atoms with E-state index in [4.69, 9.17) is 0 Å². The summed E-state index contributed by atoms with van der Waals surface area (Å²) in [5.74, 6) is 0. The highest BCUT2D eigenvalue weighted by atomic mass is 15.8. The fraction of sp³-hybridized carbons (Fsp3) is 0.391. The quantitative estimate of drug-likeness (QED) is 0.756. The first kappa shape index (κ1) is 20.1. The molecule has 150 valence electrons. The Labute approximate surface area is 169 Å². The van der Waals surface area contributed by atoms with Gasteiger partial charge in [-0.2, -0.15) is 0 Å². The summed E-state index contributed by atoms with van der Waals surface area (Å²) >= 11 is 0. The molecule has 0 spiro atoms. The van der Waals surface area contributed by atoms with Crippen molar-refractivity contribution in [3.8, 4) is 0 Å². The molecule has 3 rings (SSSR count). The molecular formula is C23H33N5. The molecule has 2 aromatic rings. The van der Waals surface area contributed by atoms with Gasteiger partial charge in [-0.3, -0.25) is 10.0 Å². The van der Waals surface area contributed by atoms with Crippen molar-refractivity contribution in [2.24, 2.45) is 0 Å². The Bertz CT molecular complexity index is 778. The van der Waals surface area contributed by atoms with E-state index < -0.39 is 0 Å². The van der Waals surface area contributed by atoms with Crippen LogP contribution in [-0.2, 0) is 0 Å². The van der Waals surface area contributed by atoms with Crippen molar-refractivity contribution in [2.75, 3.05) is 54.6 Å². The molecule has 0 unspecified atom stereocenters. The molecular weight excluding hydrogens is 346 g/mol. The summed E-state index contributed by atoms with van der Waals surface area (Å²) in [5, 5.41) is 4.36. The van der Waals surface area contributed by atoms with Gasteiger partial charge in [0.25, 0.3) is 0 Å². The number of hydrogen-bond donors (Lipinski definition) is 1. The lowest BCUT2D eigenvalue weighted by Gasteiger charge is -2.38. The van der Waals surface area contributed by atoms with Crippen LogP contribution in [0.2, 0.25) is 0 Å². The number of hydrazine groups is 2. The van der Waals surface area contributed by atoms with E-state index in [0.29, 0.717) is 0 Å². The fourth-order valence-electron chi connectivity index (χ4n) is 3.29. The lowest BCUT2D eigenvalue weighted by molar-refractivity contribution is 0.602. The van der Waals surface area contributed by atoms with Crippen molar-refractivity contribution < 1.29 is 0 Å². The number of anilines is 4. The molecule has 1 heterocycles. The maximum absolute atomic E-state index is 3.55. The molecule has 0 radical (unpaired) electrons. The average molecular weight is 380 g/mol. The van der Waals surface area contributed by atoms with E-state index in [1.165, 1.54) is 35.5 Å². The first-order valence-electron chi connectivity index (χ1n) is 10.1. The van der Waals surface area contributed by atoms with Gasteiger partial charge >= 0.3 is 0 Å². The van der Waals surface area contributed by atoms with Crippen LogP contribution in [0.1, 0.15) is 26.2 Å². The SMILES string of the molecule is CCCCC1=CN(c2ccc(N(C)C)cc2)NN(c2ccc(N(C)C)cc2)C1. The molecule has 0 bridgehead atoms. The first-order chi connectivity index (χ1) is 13.5. The highest BCUT2D eigenvalue weighted by Gasteiger charge is 2.19. The van der Waals surface area contributed by atoms with Gasteiger partial charge in [0, 0.05) is 45.8 Å². The van der Waals surface area contributed by atoms with Crippen molar-refractivity contribution in [1.29, 1.82) is 0 Å². The number of nitrogens with one attached hydrogen (secondary N) is 1. The Morgan fingerprint density at radius 3 is 1.86 bits per heavy atom. The van der Waals surface area contributed by atoms with Gasteiger partial charge in [0.2, 0.25) is 0 Å². The van der Waals surface area contributed by atoms with E-state index in [1.807, 2.05) is 0 Å². The van der Waals surface area contributed by atoms with Crippen LogP contribution in [-0.4, -0.2) is 34.7 Å². The van der Waals surface area contributed by atoms with E-state index in [1.54, 1.807) is 0 Å². The maximum atomic E-state index is 3.55. The fourth-order valence-corrected chi connectivity index (χ4v) is 3.29. The Morgan fingerprint density at radius 2 is 1.36 bits per heavy atom. The topological polar surface area (TPSA) is 25.0 Å². The minimum Gasteiger partial charge on any atom is -0.378 e. The molecule has 1 N–H and O–H groups in total. The van der Waals surface area contributed by atoms with Crippen molar-refractivity contribution in [3.05, 3.63) is 60.3 Å². The predicted molar refractivity (Wildman–Crippen MR) is 122 cm³/mol. The Kier molecular flexibility index (Phi) is 6.47. The van der Waals surface area contributed by atoms with Crippen LogP contribution in [0.5, 0.6) is 0 Å².